The van der Waals surface area contributed by atoms with E-state index in [0.717, 1.165) is 25.8 Å². The average molecular weight is 199 g/mol. The second kappa shape index (κ2) is 4.78. The third-order valence-electron chi connectivity index (χ3n) is 3.05. The first kappa shape index (κ1) is 11.5. The van der Waals surface area contributed by atoms with Crippen LogP contribution in [0.2, 0.25) is 0 Å². The van der Waals surface area contributed by atoms with E-state index in [-0.39, 0.29) is 17.9 Å². The molecule has 0 unspecified atom stereocenters. The van der Waals surface area contributed by atoms with Gasteiger partial charge in [0.25, 0.3) is 0 Å². The number of amides is 1. The Hall–Kier alpha value is -0.570. The van der Waals surface area contributed by atoms with E-state index in [2.05, 4.69) is 6.92 Å². The summed E-state index contributed by atoms with van der Waals surface area (Å²) in [6.45, 7) is 3.00. The fourth-order valence-electron chi connectivity index (χ4n) is 1.70. The third kappa shape index (κ3) is 2.47. The number of aliphatic hydroxyl groups is 1. The summed E-state index contributed by atoms with van der Waals surface area (Å²) >= 11 is 0. The van der Waals surface area contributed by atoms with Gasteiger partial charge in [0.05, 0.1) is 12.0 Å². The van der Waals surface area contributed by atoms with Gasteiger partial charge in [0.1, 0.15) is 0 Å². The lowest BCUT2D eigenvalue weighted by Crippen LogP contribution is -2.36. The van der Waals surface area contributed by atoms with Gasteiger partial charge in [-0.05, 0) is 19.3 Å². The van der Waals surface area contributed by atoms with Gasteiger partial charge in [-0.25, -0.2) is 0 Å². The van der Waals surface area contributed by atoms with Crippen LogP contribution in [0.15, 0.2) is 0 Å². The average Bonchev–Trinajstić information content (AvgIpc) is 2.97. The Morgan fingerprint density at radius 3 is 2.50 bits per heavy atom. The molecule has 0 aromatic rings. The summed E-state index contributed by atoms with van der Waals surface area (Å²) in [6.07, 6.45) is 5.14. The molecule has 14 heavy (non-hydrogen) atoms. The standard InChI is InChI=1S/C11H21NO2/c1-3-4-5-8-12(2)10(14)11(9-13)6-7-11/h13H,3-9H2,1-2H3. The molecule has 0 aromatic heterocycles. The van der Waals surface area contributed by atoms with Crippen molar-refractivity contribution in [2.24, 2.45) is 5.41 Å². The van der Waals surface area contributed by atoms with Gasteiger partial charge in [-0.2, -0.15) is 0 Å². The summed E-state index contributed by atoms with van der Waals surface area (Å²) in [5, 5.41) is 9.10. The van der Waals surface area contributed by atoms with Gasteiger partial charge < -0.3 is 10.0 Å². The molecule has 0 bridgehead atoms. The summed E-state index contributed by atoms with van der Waals surface area (Å²) < 4.78 is 0. The molecule has 0 atom stereocenters. The lowest BCUT2D eigenvalue weighted by Gasteiger charge is -2.21. The molecule has 1 aliphatic carbocycles. The van der Waals surface area contributed by atoms with Crippen LogP contribution in [0.4, 0.5) is 0 Å². The molecule has 1 aliphatic rings. The highest BCUT2D eigenvalue weighted by molar-refractivity contribution is 5.85. The maximum atomic E-state index is 11.8. The van der Waals surface area contributed by atoms with E-state index in [4.69, 9.17) is 5.11 Å². The molecule has 0 radical (unpaired) electrons. The van der Waals surface area contributed by atoms with Crippen LogP contribution in [0.25, 0.3) is 0 Å². The molecular formula is C11H21NO2. The van der Waals surface area contributed by atoms with Crippen molar-refractivity contribution in [1.82, 2.24) is 4.90 Å². The van der Waals surface area contributed by atoms with Gasteiger partial charge in [0.15, 0.2) is 0 Å². The minimum atomic E-state index is -0.388. The molecule has 3 nitrogen and oxygen atoms in total. The first-order valence-electron chi connectivity index (χ1n) is 5.53. The highest BCUT2D eigenvalue weighted by Gasteiger charge is 2.50. The van der Waals surface area contributed by atoms with Crippen LogP contribution in [-0.4, -0.2) is 36.1 Å². The molecule has 82 valence electrons. The van der Waals surface area contributed by atoms with E-state index in [1.807, 2.05) is 7.05 Å². The predicted octanol–water partition coefficient (Wildman–Crippen LogP) is 1.41. The van der Waals surface area contributed by atoms with E-state index in [1.165, 1.54) is 12.8 Å². The van der Waals surface area contributed by atoms with Crippen molar-refractivity contribution in [1.29, 1.82) is 0 Å². The van der Waals surface area contributed by atoms with Crippen molar-refractivity contribution < 1.29 is 9.90 Å². The Balaban J connectivity index is 2.30. The molecule has 1 saturated carbocycles. The molecule has 1 N–H and O–H groups in total. The number of aliphatic hydroxyl groups excluding tert-OH is 1. The second-order valence-electron chi connectivity index (χ2n) is 4.37. The number of rotatable bonds is 6. The molecule has 1 amide bonds. The fourth-order valence-corrected chi connectivity index (χ4v) is 1.70. The van der Waals surface area contributed by atoms with Crippen LogP contribution >= 0.6 is 0 Å². The van der Waals surface area contributed by atoms with E-state index in [9.17, 15) is 4.79 Å². The van der Waals surface area contributed by atoms with Gasteiger partial charge in [-0.3, -0.25) is 4.79 Å². The summed E-state index contributed by atoms with van der Waals surface area (Å²) in [7, 11) is 1.84. The van der Waals surface area contributed by atoms with Crippen LogP contribution in [0.3, 0.4) is 0 Å². The van der Waals surface area contributed by atoms with Crippen molar-refractivity contribution in [2.45, 2.75) is 39.0 Å². The number of unbranched alkanes of at least 4 members (excludes halogenated alkanes) is 2. The number of carbonyl (C=O) groups excluding carboxylic acids is 1. The van der Waals surface area contributed by atoms with Gasteiger partial charge in [-0.1, -0.05) is 19.8 Å². The van der Waals surface area contributed by atoms with Gasteiger partial charge in [-0.15, -0.1) is 0 Å². The Bertz CT molecular complexity index is 199. The minimum absolute atomic E-state index is 0.0178. The molecule has 0 heterocycles. The number of hydrogen-bond donors (Lipinski definition) is 1. The van der Waals surface area contributed by atoms with Crippen molar-refractivity contribution >= 4 is 5.91 Å². The molecule has 1 rings (SSSR count). The summed E-state index contributed by atoms with van der Waals surface area (Å²) in [5.74, 6) is 0.135. The van der Waals surface area contributed by atoms with Crippen LogP contribution in [-0.2, 0) is 4.79 Å². The van der Waals surface area contributed by atoms with E-state index >= 15 is 0 Å². The number of hydrogen-bond acceptors (Lipinski definition) is 2. The van der Waals surface area contributed by atoms with Gasteiger partial charge in [0.2, 0.25) is 5.91 Å². The zero-order valence-electron chi connectivity index (χ0n) is 9.25. The van der Waals surface area contributed by atoms with E-state index < -0.39 is 0 Å². The zero-order chi connectivity index (χ0) is 10.6. The number of carbonyl (C=O) groups is 1. The highest BCUT2D eigenvalue weighted by atomic mass is 16.3. The predicted molar refractivity (Wildman–Crippen MR) is 55.9 cm³/mol. The largest absolute Gasteiger partial charge is 0.395 e. The molecular weight excluding hydrogens is 178 g/mol. The monoisotopic (exact) mass is 199 g/mol. The van der Waals surface area contributed by atoms with Crippen molar-refractivity contribution in [2.75, 3.05) is 20.2 Å². The smallest absolute Gasteiger partial charge is 0.230 e. The Morgan fingerprint density at radius 1 is 1.43 bits per heavy atom. The summed E-state index contributed by atoms with van der Waals surface area (Å²) in [4.78, 5) is 13.6. The third-order valence-corrected chi connectivity index (χ3v) is 3.05. The topological polar surface area (TPSA) is 40.5 Å². The highest BCUT2D eigenvalue weighted by Crippen LogP contribution is 2.46. The van der Waals surface area contributed by atoms with Crippen LogP contribution < -0.4 is 0 Å². The van der Waals surface area contributed by atoms with Crippen LogP contribution in [0.5, 0.6) is 0 Å². The quantitative estimate of drug-likeness (QED) is 0.657. The normalized spacial score (nSPS) is 17.9. The van der Waals surface area contributed by atoms with Crippen molar-refractivity contribution in [3.05, 3.63) is 0 Å². The van der Waals surface area contributed by atoms with E-state index in [1.54, 1.807) is 4.90 Å². The van der Waals surface area contributed by atoms with Crippen molar-refractivity contribution in [3.8, 4) is 0 Å². The van der Waals surface area contributed by atoms with E-state index in [0.29, 0.717) is 0 Å². The Morgan fingerprint density at radius 2 is 2.07 bits per heavy atom. The lowest BCUT2D eigenvalue weighted by molar-refractivity contribution is -0.137. The Labute approximate surface area is 86.1 Å². The van der Waals surface area contributed by atoms with Gasteiger partial charge in [0, 0.05) is 13.6 Å². The Kier molecular flexibility index (Phi) is 3.93. The molecule has 0 spiro atoms. The minimum Gasteiger partial charge on any atom is -0.395 e. The van der Waals surface area contributed by atoms with Crippen molar-refractivity contribution in [3.63, 3.8) is 0 Å². The summed E-state index contributed by atoms with van der Waals surface area (Å²) in [5.41, 5.74) is -0.388. The SMILES string of the molecule is CCCCCN(C)C(=O)C1(CO)CC1. The molecule has 0 saturated heterocycles. The molecule has 3 heteroatoms. The number of nitrogens with zero attached hydrogens (tertiary/aromatic N) is 1. The lowest BCUT2D eigenvalue weighted by atomic mass is 10.1. The summed E-state index contributed by atoms with van der Waals surface area (Å²) in [6, 6.07) is 0. The molecule has 0 aromatic carbocycles. The fraction of sp³-hybridized carbons (Fsp3) is 0.909. The second-order valence-corrected chi connectivity index (χ2v) is 4.37. The molecule has 1 fully saturated rings. The zero-order valence-corrected chi connectivity index (χ0v) is 9.25. The maximum Gasteiger partial charge on any atom is 0.230 e. The first-order valence-corrected chi connectivity index (χ1v) is 5.53. The first-order chi connectivity index (χ1) is 6.66. The van der Waals surface area contributed by atoms with Crippen LogP contribution in [0, 0.1) is 5.41 Å². The van der Waals surface area contributed by atoms with Gasteiger partial charge >= 0.3 is 0 Å². The maximum absolute atomic E-state index is 11.8. The molecule has 0 aliphatic heterocycles. The van der Waals surface area contributed by atoms with Crippen LogP contribution in [0.1, 0.15) is 39.0 Å².